The molecule has 0 spiro atoms. The molecule has 2 aromatic heterocycles. The quantitative estimate of drug-likeness (QED) is 0.697. The molecule has 0 aliphatic heterocycles. The van der Waals surface area contributed by atoms with E-state index in [0.29, 0.717) is 12.2 Å². The number of nitrogens with one attached hydrogen (secondary N) is 2. The first-order valence-electron chi connectivity index (χ1n) is 9.45. The largest absolute Gasteiger partial charge is 0.494 e. The molecule has 0 saturated carbocycles. The van der Waals surface area contributed by atoms with Gasteiger partial charge >= 0.3 is 0 Å². The highest BCUT2D eigenvalue weighted by Gasteiger charge is 2.24. The second kappa shape index (κ2) is 7.66. The van der Waals surface area contributed by atoms with Gasteiger partial charge in [-0.1, -0.05) is 13.0 Å². The van der Waals surface area contributed by atoms with E-state index in [1.54, 1.807) is 12.4 Å². The van der Waals surface area contributed by atoms with E-state index >= 15 is 0 Å². The van der Waals surface area contributed by atoms with Gasteiger partial charge < -0.3 is 15.0 Å². The summed E-state index contributed by atoms with van der Waals surface area (Å²) in [7, 11) is 0. The Morgan fingerprint density at radius 1 is 1.22 bits per heavy atom. The monoisotopic (exact) mass is 361 g/mol. The number of carbonyl (C=O) groups is 1. The molecule has 0 saturated heterocycles. The molecule has 138 valence electrons. The summed E-state index contributed by atoms with van der Waals surface area (Å²) in [5.41, 5.74) is 5.51. The van der Waals surface area contributed by atoms with E-state index in [2.05, 4.69) is 28.3 Å². The summed E-state index contributed by atoms with van der Waals surface area (Å²) in [5, 5.41) is 2.99. The van der Waals surface area contributed by atoms with Crippen molar-refractivity contribution < 1.29 is 9.53 Å². The van der Waals surface area contributed by atoms with Crippen molar-refractivity contribution in [2.45, 2.75) is 32.6 Å². The number of hydrogen-bond acceptors (Lipinski definition) is 3. The van der Waals surface area contributed by atoms with Gasteiger partial charge in [0.1, 0.15) is 5.75 Å². The number of hydrogen-bond donors (Lipinski definition) is 2. The predicted octanol–water partition coefficient (Wildman–Crippen LogP) is 4.61. The maximum atomic E-state index is 12.9. The molecule has 0 unspecified atom stereocenters. The lowest BCUT2D eigenvalue weighted by Crippen LogP contribution is -2.12. The summed E-state index contributed by atoms with van der Waals surface area (Å²) in [6, 6.07) is 11.5. The van der Waals surface area contributed by atoms with Crippen LogP contribution in [0.4, 0.5) is 5.69 Å². The predicted molar refractivity (Wildman–Crippen MR) is 106 cm³/mol. The Bertz CT molecular complexity index is 944. The third kappa shape index (κ3) is 3.58. The zero-order valence-corrected chi connectivity index (χ0v) is 15.4. The van der Waals surface area contributed by atoms with Crippen LogP contribution in [0.25, 0.3) is 11.3 Å². The molecule has 2 N–H and O–H groups in total. The molecule has 1 aromatic carbocycles. The Morgan fingerprint density at radius 3 is 2.89 bits per heavy atom. The smallest absolute Gasteiger partial charge is 0.257 e. The van der Waals surface area contributed by atoms with E-state index in [1.807, 2.05) is 30.3 Å². The molecular weight excluding hydrogens is 338 g/mol. The van der Waals surface area contributed by atoms with Gasteiger partial charge in [-0.05, 0) is 61.6 Å². The van der Waals surface area contributed by atoms with Crippen LogP contribution < -0.4 is 10.1 Å². The first-order valence-corrected chi connectivity index (χ1v) is 9.45. The fourth-order valence-corrected chi connectivity index (χ4v) is 3.49. The van der Waals surface area contributed by atoms with E-state index in [1.165, 1.54) is 5.56 Å². The van der Waals surface area contributed by atoms with Gasteiger partial charge in [-0.15, -0.1) is 0 Å². The second-order valence-corrected chi connectivity index (χ2v) is 6.75. The van der Waals surface area contributed by atoms with Crippen molar-refractivity contribution >= 4 is 11.6 Å². The highest BCUT2D eigenvalue weighted by molar-refractivity contribution is 6.09. The van der Waals surface area contributed by atoms with Gasteiger partial charge in [-0.25, -0.2) is 0 Å². The van der Waals surface area contributed by atoms with Crippen LogP contribution in [0.15, 0.2) is 48.8 Å². The van der Waals surface area contributed by atoms with Gasteiger partial charge in [-0.3, -0.25) is 9.78 Å². The summed E-state index contributed by atoms with van der Waals surface area (Å²) < 4.78 is 5.59. The minimum Gasteiger partial charge on any atom is -0.494 e. The molecule has 5 nitrogen and oxygen atoms in total. The Balaban J connectivity index is 1.59. The molecule has 2 heterocycles. The van der Waals surface area contributed by atoms with Crippen molar-refractivity contribution in [1.29, 1.82) is 0 Å². The number of fused-ring (bicyclic) bond motifs is 3. The van der Waals surface area contributed by atoms with Gasteiger partial charge in [0.15, 0.2) is 0 Å². The first kappa shape index (κ1) is 17.3. The van der Waals surface area contributed by atoms with Gasteiger partial charge in [-0.2, -0.15) is 0 Å². The average Bonchev–Trinajstić information content (AvgIpc) is 3.03. The van der Waals surface area contributed by atoms with Gasteiger partial charge in [0.2, 0.25) is 0 Å². The lowest BCUT2D eigenvalue weighted by Gasteiger charge is -2.10. The van der Waals surface area contributed by atoms with E-state index in [-0.39, 0.29) is 5.91 Å². The molecule has 0 radical (unpaired) electrons. The lowest BCUT2D eigenvalue weighted by atomic mass is 10.0. The standard InChI is InChI=1S/C22H23N3O2/c1-2-13-27-17-10-8-16(9-11-17)25-22(26)18-14-24-19-7-3-5-15-6-4-12-23-21(15)20(18)19/h4,6,8-12,14,24H,2-3,5,7,13H2,1H3,(H,25,26). The molecule has 0 fully saturated rings. The number of amides is 1. The Morgan fingerprint density at radius 2 is 2.07 bits per heavy atom. The van der Waals surface area contributed by atoms with E-state index in [0.717, 1.165) is 54.1 Å². The SMILES string of the molecule is CCCOc1ccc(NC(=O)c2c[nH]c3c2-c2ncccc2CCC3)cc1. The van der Waals surface area contributed by atoms with Crippen molar-refractivity contribution in [3.05, 3.63) is 65.6 Å². The number of anilines is 1. The zero-order valence-electron chi connectivity index (χ0n) is 15.4. The van der Waals surface area contributed by atoms with Crippen molar-refractivity contribution in [2.75, 3.05) is 11.9 Å². The number of nitrogens with zero attached hydrogens (tertiary/aromatic N) is 1. The number of rotatable bonds is 5. The third-order valence-electron chi connectivity index (χ3n) is 4.79. The average molecular weight is 361 g/mol. The van der Waals surface area contributed by atoms with Crippen LogP contribution >= 0.6 is 0 Å². The number of aromatic amines is 1. The fraction of sp³-hybridized carbons (Fsp3) is 0.273. The summed E-state index contributed by atoms with van der Waals surface area (Å²) in [6.07, 6.45) is 7.49. The van der Waals surface area contributed by atoms with Crippen LogP contribution in [0, 0.1) is 0 Å². The Labute approximate surface area is 158 Å². The molecule has 5 heteroatoms. The number of benzene rings is 1. The number of pyridine rings is 1. The van der Waals surface area contributed by atoms with Crippen molar-refractivity contribution in [2.24, 2.45) is 0 Å². The number of H-pyrrole nitrogens is 1. The van der Waals surface area contributed by atoms with Crippen LogP contribution in [-0.4, -0.2) is 22.5 Å². The Kier molecular flexibility index (Phi) is 4.92. The van der Waals surface area contributed by atoms with E-state index in [4.69, 9.17) is 4.74 Å². The van der Waals surface area contributed by atoms with Gasteiger partial charge in [0.05, 0.1) is 17.9 Å². The van der Waals surface area contributed by atoms with Gasteiger partial charge in [0, 0.05) is 29.3 Å². The maximum Gasteiger partial charge on any atom is 0.257 e. The number of ether oxygens (including phenoxy) is 1. The van der Waals surface area contributed by atoms with Crippen LogP contribution in [-0.2, 0) is 12.8 Å². The molecule has 1 aliphatic carbocycles. The number of carbonyl (C=O) groups excluding carboxylic acids is 1. The van der Waals surface area contributed by atoms with Crippen LogP contribution in [0.5, 0.6) is 5.75 Å². The normalized spacial score (nSPS) is 12.6. The molecule has 1 amide bonds. The van der Waals surface area contributed by atoms with Crippen molar-refractivity contribution in [3.8, 4) is 17.0 Å². The topological polar surface area (TPSA) is 67.0 Å². The fourth-order valence-electron chi connectivity index (χ4n) is 3.49. The summed E-state index contributed by atoms with van der Waals surface area (Å²) in [6.45, 7) is 2.76. The second-order valence-electron chi connectivity index (χ2n) is 6.75. The van der Waals surface area contributed by atoms with E-state index < -0.39 is 0 Å². The minimum absolute atomic E-state index is 0.131. The summed E-state index contributed by atoms with van der Waals surface area (Å²) in [4.78, 5) is 20.8. The Hall–Kier alpha value is -3.08. The number of aromatic nitrogens is 2. The van der Waals surface area contributed by atoms with Gasteiger partial charge in [0.25, 0.3) is 5.91 Å². The van der Waals surface area contributed by atoms with Crippen molar-refractivity contribution in [1.82, 2.24) is 9.97 Å². The maximum absolute atomic E-state index is 12.9. The molecular formula is C22H23N3O2. The molecule has 0 bridgehead atoms. The first-order chi connectivity index (χ1) is 13.3. The molecule has 0 atom stereocenters. The molecule has 27 heavy (non-hydrogen) atoms. The van der Waals surface area contributed by atoms with Crippen LogP contribution in [0.2, 0.25) is 0 Å². The molecule has 4 rings (SSSR count). The lowest BCUT2D eigenvalue weighted by molar-refractivity contribution is 0.102. The minimum atomic E-state index is -0.131. The summed E-state index contributed by atoms with van der Waals surface area (Å²) in [5.74, 6) is 0.678. The van der Waals surface area contributed by atoms with Crippen molar-refractivity contribution in [3.63, 3.8) is 0 Å². The molecule has 3 aromatic rings. The van der Waals surface area contributed by atoms with E-state index in [9.17, 15) is 4.79 Å². The summed E-state index contributed by atoms with van der Waals surface area (Å²) >= 11 is 0. The van der Waals surface area contributed by atoms with Crippen LogP contribution in [0.3, 0.4) is 0 Å². The third-order valence-corrected chi connectivity index (χ3v) is 4.79. The number of aryl methyl sites for hydroxylation is 2. The zero-order chi connectivity index (χ0) is 18.6. The highest BCUT2D eigenvalue weighted by Crippen LogP contribution is 2.33. The molecule has 1 aliphatic rings. The highest BCUT2D eigenvalue weighted by atomic mass is 16.5. The van der Waals surface area contributed by atoms with Crippen LogP contribution in [0.1, 0.15) is 41.4 Å².